The number of rotatable bonds is 4. The fourth-order valence-corrected chi connectivity index (χ4v) is 2.22. The summed E-state index contributed by atoms with van der Waals surface area (Å²) in [5, 5.41) is 14.7. The van der Waals surface area contributed by atoms with Gasteiger partial charge in [0.05, 0.1) is 7.11 Å². The number of hydrogen-bond acceptors (Lipinski definition) is 4. The van der Waals surface area contributed by atoms with Crippen LogP contribution in [-0.2, 0) is 6.54 Å². The largest absolute Gasteiger partial charge is 0.508 e. The molecule has 0 saturated heterocycles. The summed E-state index contributed by atoms with van der Waals surface area (Å²) in [5.41, 5.74) is 1.08. The minimum atomic E-state index is 0.272. The second kappa shape index (κ2) is 5.71. The summed E-state index contributed by atoms with van der Waals surface area (Å²) < 4.78 is 5.24. The smallest absolute Gasteiger partial charge is 0.134 e. The predicted octanol–water partition coefficient (Wildman–Crippen LogP) is 3.56. The topological polar surface area (TPSA) is 54.4 Å². The number of phenols is 1. The molecule has 106 valence electrons. The summed E-state index contributed by atoms with van der Waals surface area (Å²) in [6.07, 6.45) is 1.78. The maximum atomic E-state index is 9.29. The maximum absolute atomic E-state index is 9.29. The molecule has 0 aliphatic rings. The van der Waals surface area contributed by atoms with E-state index in [1.165, 1.54) is 0 Å². The maximum Gasteiger partial charge on any atom is 0.134 e. The summed E-state index contributed by atoms with van der Waals surface area (Å²) in [6, 6.07) is 15.0. The lowest BCUT2D eigenvalue weighted by molar-refractivity contribution is 0.415. The first kappa shape index (κ1) is 13.2. The molecule has 1 heterocycles. The van der Waals surface area contributed by atoms with Crippen molar-refractivity contribution in [1.82, 2.24) is 4.98 Å². The minimum absolute atomic E-state index is 0.272. The molecule has 3 rings (SSSR count). The molecule has 0 aliphatic carbocycles. The van der Waals surface area contributed by atoms with Crippen molar-refractivity contribution < 1.29 is 9.84 Å². The molecule has 4 heteroatoms. The highest BCUT2D eigenvalue weighted by Crippen LogP contribution is 2.25. The zero-order chi connectivity index (χ0) is 14.7. The van der Waals surface area contributed by atoms with Crippen molar-refractivity contribution in [3.63, 3.8) is 0 Å². The van der Waals surface area contributed by atoms with Gasteiger partial charge in [0.1, 0.15) is 17.3 Å². The minimum Gasteiger partial charge on any atom is -0.508 e. The lowest BCUT2D eigenvalue weighted by atomic mass is 10.1. The van der Waals surface area contributed by atoms with E-state index in [9.17, 15) is 5.11 Å². The molecule has 0 aliphatic heterocycles. The summed E-state index contributed by atoms with van der Waals surface area (Å²) in [7, 11) is 1.66. The van der Waals surface area contributed by atoms with E-state index in [0.717, 1.165) is 27.9 Å². The van der Waals surface area contributed by atoms with Gasteiger partial charge in [0.15, 0.2) is 0 Å². The van der Waals surface area contributed by atoms with Gasteiger partial charge >= 0.3 is 0 Å². The number of fused-ring (bicyclic) bond motifs is 1. The Kier molecular flexibility index (Phi) is 3.60. The van der Waals surface area contributed by atoms with Gasteiger partial charge in [0, 0.05) is 18.1 Å². The van der Waals surface area contributed by atoms with Crippen molar-refractivity contribution in [3.05, 3.63) is 60.3 Å². The van der Waals surface area contributed by atoms with E-state index in [4.69, 9.17) is 4.74 Å². The Morgan fingerprint density at radius 1 is 1.10 bits per heavy atom. The number of methoxy groups -OCH3 is 1. The van der Waals surface area contributed by atoms with Crippen LogP contribution in [0.1, 0.15) is 5.56 Å². The van der Waals surface area contributed by atoms with Crippen LogP contribution in [0.25, 0.3) is 10.8 Å². The standard InChI is InChI=1S/C17H16N2O2/c1-21-15-6-7-16-13(10-15)8-9-18-17(16)19-11-12-2-4-14(20)5-3-12/h2-10,20H,11H2,1H3,(H,18,19). The van der Waals surface area contributed by atoms with Gasteiger partial charge in [-0.1, -0.05) is 12.1 Å². The van der Waals surface area contributed by atoms with Crippen molar-refractivity contribution in [2.75, 3.05) is 12.4 Å². The lowest BCUT2D eigenvalue weighted by Gasteiger charge is -2.10. The first-order valence-electron chi connectivity index (χ1n) is 6.71. The van der Waals surface area contributed by atoms with Gasteiger partial charge in [-0.3, -0.25) is 0 Å². The zero-order valence-electron chi connectivity index (χ0n) is 11.7. The number of nitrogens with zero attached hydrogens (tertiary/aromatic N) is 1. The third-order valence-electron chi connectivity index (χ3n) is 3.37. The molecule has 1 aromatic heterocycles. The van der Waals surface area contributed by atoms with Gasteiger partial charge in [-0.15, -0.1) is 0 Å². The number of aromatic nitrogens is 1. The van der Waals surface area contributed by atoms with Crippen LogP contribution in [0.4, 0.5) is 5.82 Å². The van der Waals surface area contributed by atoms with Crippen molar-refractivity contribution in [1.29, 1.82) is 0 Å². The number of nitrogens with one attached hydrogen (secondary N) is 1. The molecule has 0 saturated carbocycles. The van der Waals surface area contributed by atoms with Gasteiger partial charge in [0.25, 0.3) is 0 Å². The van der Waals surface area contributed by atoms with E-state index in [1.807, 2.05) is 36.4 Å². The molecule has 0 bridgehead atoms. The van der Waals surface area contributed by atoms with Crippen LogP contribution in [0.5, 0.6) is 11.5 Å². The van der Waals surface area contributed by atoms with Gasteiger partial charge < -0.3 is 15.2 Å². The molecular weight excluding hydrogens is 264 g/mol. The average molecular weight is 280 g/mol. The SMILES string of the molecule is COc1ccc2c(NCc3ccc(O)cc3)nccc2c1. The Morgan fingerprint density at radius 3 is 2.67 bits per heavy atom. The first-order valence-corrected chi connectivity index (χ1v) is 6.71. The Hall–Kier alpha value is -2.75. The van der Waals surface area contributed by atoms with Gasteiger partial charge in [-0.2, -0.15) is 0 Å². The predicted molar refractivity (Wildman–Crippen MR) is 83.7 cm³/mol. The van der Waals surface area contributed by atoms with E-state index in [2.05, 4.69) is 10.3 Å². The Labute approximate surface area is 123 Å². The fourth-order valence-electron chi connectivity index (χ4n) is 2.22. The van der Waals surface area contributed by atoms with Gasteiger partial charge in [-0.05, 0) is 47.3 Å². The molecule has 0 amide bonds. The highest BCUT2D eigenvalue weighted by atomic mass is 16.5. The normalized spacial score (nSPS) is 10.5. The number of benzene rings is 2. The zero-order valence-corrected chi connectivity index (χ0v) is 11.7. The second-order valence-electron chi connectivity index (χ2n) is 4.77. The molecule has 0 radical (unpaired) electrons. The van der Waals surface area contributed by atoms with E-state index >= 15 is 0 Å². The number of phenolic OH excluding ortho intramolecular Hbond substituents is 1. The summed E-state index contributed by atoms with van der Waals surface area (Å²) in [5.74, 6) is 1.94. The molecule has 2 N–H and O–H groups in total. The fraction of sp³-hybridized carbons (Fsp3) is 0.118. The van der Waals surface area contributed by atoms with Crippen molar-refractivity contribution in [3.8, 4) is 11.5 Å². The number of ether oxygens (including phenoxy) is 1. The van der Waals surface area contributed by atoms with Crippen LogP contribution in [0.2, 0.25) is 0 Å². The van der Waals surface area contributed by atoms with Crippen LogP contribution in [-0.4, -0.2) is 17.2 Å². The molecule has 21 heavy (non-hydrogen) atoms. The number of pyridine rings is 1. The Morgan fingerprint density at radius 2 is 1.90 bits per heavy atom. The van der Waals surface area contributed by atoms with E-state index in [0.29, 0.717) is 6.54 Å². The molecule has 0 unspecified atom stereocenters. The van der Waals surface area contributed by atoms with Crippen LogP contribution < -0.4 is 10.1 Å². The van der Waals surface area contributed by atoms with Gasteiger partial charge in [0.2, 0.25) is 0 Å². The van der Waals surface area contributed by atoms with Crippen LogP contribution in [0.3, 0.4) is 0 Å². The Bertz CT molecular complexity index is 754. The molecule has 2 aromatic carbocycles. The quantitative estimate of drug-likeness (QED) is 0.767. The third kappa shape index (κ3) is 2.89. The molecule has 0 fully saturated rings. The van der Waals surface area contributed by atoms with Crippen LogP contribution in [0.15, 0.2) is 54.7 Å². The molecular formula is C17H16N2O2. The monoisotopic (exact) mass is 280 g/mol. The highest BCUT2D eigenvalue weighted by Gasteiger charge is 2.03. The number of anilines is 1. The summed E-state index contributed by atoms with van der Waals surface area (Å²) in [6.45, 7) is 0.651. The number of aromatic hydroxyl groups is 1. The molecule has 3 aromatic rings. The third-order valence-corrected chi connectivity index (χ3v) is 3.37. The average Bonchev–Trinajstić information content (AvgIpc) is 2.53. The van der Waals surface area contributed by atoms with E-state index < -0.39 is 0 Å². The molecule has 4 nitrogen and oxygen atoms in total. The molecule has 0 atom stereocenters. The Balaban J connectivity index is 1.85. The second-order valence-corrected chi connectivity index (χ2v) is 4.77. The van der Waals surface area contributed by atoms with Crippen molar-refractivity contribution >= 4 is 16.6 Å². The van der Waals surface area contributed by atoms with E-state index in [1.54, 1.807) is 25.4 Å². The van der Waals surface area contributed by atoms with Crippen LogP contribution in [0, 0.1) is 0 Å². The van der Waals surface area contributed by atoms with Crippen molar-refractivity contribution in [2.45, 2.75) is 6.54 Å². The number of hydrogen-bond donors (Lipinski definition) is 2. The van der Waals surface area contributed by atoms with E-state index in [-0.39, 0.29) is 5.75 Å². The molecule has 0 spiro atoms. The highest BCUT2D eigenvalue weighted by molar-refractivity contribution is 5.92. The van der Waals surface area contributed by atoms with Crippen LogP contribution >= 0.6 is 0 Å². The summed E-state index contributed by atoms with van der Waals surface area (Å²) in [4.78, 5) is 4.39. The first-order chi connectivity index (χ1) is 10.3. The lowest BCUT2D eigenvalue weighted by Crippen LogP contribution is -2.01. The van der Waals surface area contributed by atoms with Gasteiger partial charge in [-0.25, -0.2) is 4.98 Å². The van der Waals surface area contributed by atoms with Crippen molar-refractivity contribution in [2.24, 2.45) is 0 Å². The summed E-state index contributed by atoms with van der Waals surface area (Å²) >= 11 is 0.